The van der Waals surface area contributed by atoms with E-state index in [0.29, 0.717) is 0 Å². The van der Waals surface area contributed by atoms with Crippen molar-refractivity contribution >= 4 is 24.2 Å². The minimum absolute atomic E-state index is 0. The average Bonchev–Trinajstić information content (AvgIpc) is 2.01. The normalized spacial score (nSPS) is 23.8. The Balaban J connectivity index is 0.00000121. The molecule has 2 amide bonds. The van der Waals surface area contributed by atoms with Gasteiger partial charge in [0.05, 0.1) is 12.6 Å². The van der Waals surface area contributed by atoms with Crippen molar-refractivity contribution in [3.63, 3.8) is 0 Å². The van der Waals surface area contributed by atoms with Gasteiger partial charge in [0.2, 0.25) is 11.8 Å². The maximum Gasteiger partial charge on any atom is 0.246 e. The lowest BCUT2D eigenvalue weighted by Crippen LogP contribution is -2.56. The van der Waals surface area contributed by atoms with Crippen LogP contribution in [0, 0.1) is 0 Å². The second-order valence-corrected chi connectivity index (χ2v) is 2.63. The number of amides is 2. The van der Waals surface area contributed by atoms with E-state index in [1.165, 1.54) is 11.9 Å². The quantitative estimate of drug-likeness (QED) is 0.585. The van der Waals surface area contributed by atoms with Crippen LogP contribution in [-0.2, 0) is 9.59 Å². The molecular formula is C7H13ClN2O2. The fraction of sp³-hybridized carbons (Fsp3) is 0.714. The van der Waals surface area contributed by atoms with Crippen molar-refractivity contribution in [1.29, 1.82) is 0 Å². The molecule has 0 radical (unpaired) electrons. The van der Waals surface area contributed by atoms with E-state index in [0.717, 1.165) is 6.42 Å². The Bertz CT molecular complexity index is 196. The van der Waals surface area contributed by atoms with Gasteiger partial charge in [-0.3, -0.25) is 19.8 Å². The second kappa shape index (κ2) is 4.42. The summed E-state index contributed by atoms with van der Waals surface area (Å²) in [6, 6.07) is -0.169. The highest BCUT2D eigenvalue weighted by Gasteiger charge is 2.29. The van der Waals surface area contributed by atoms with Crippen LogP contribution < -0.4 is 5.32 Å². The van der Waals surface area contributed by atoms with Gasteiger partial charge in [0, 0.05) is 7.05 Å². The molecule has 1 aliphatic rings. The van der Waals surface area contributed by atoms with Crippen LogP contribution in [0.25, 0.3) is 0 Å². The molecule has 0 aromatic carbocycles. The van der Waals surface area contributed by atoms with Crippen molar-refractivity contribution in [3.05, 3.63) is 0 Å². The third kappa shape index (κ3) is 1.95. The number of halogens is 1. The largest absolute Gasteiger partial charge is 0.297 e. The van der Waals surface area contributed by atoms with Gasteiger partial charge in [0.1, 0.15) is 0 Å². The maximum atomic E-state index is 11.2. The number of nitrogens with one attached hydrogen (secondary N) is 1. The molecule has 12 heavy (non-hydrogen) atoms. The van der Waals surface area contributed by atoms with Crippen LogP contribution in [0.1, 0.15) is 13.3 Å². The molecule has 0 aliphatic carbocycles. The highest BCUT2D eigenvalue weighted by atomic mass is 35.5. The predicted molar refractivity (Wildman–Crippen MR) is 47.1 cm³/mol. The summed E-state index contributed by atoms with van der Waals surface area (Å²) in [6.45, 7) is 2.19. The fourth-order valence-corrected chi connectivity index (χ4v) is 1.09. The molecule has 0 aromatic rings. The highest BCUT2D eigenvalue weighted by molar-refractivity contribution is 6.00. The monoisotopic (exact) mass is 192 g/mol. The number of rotatable bonds is 1. The summed E-state index contributed by atoms with van der Waals surface area (Å²) in [5.74, 6) is -0.275. The van der Waals surface area contributed by atoms with Crippen LogP contribution in [0.5, 0.6) is 0 Å². The lowest BCUT2D eigenvalue weighted by molar-refractivity contribution is -0.147. The molecular weight excluding hydrogens is 180 g/mol. The molecule has 0 spiro atoms. The van der Waals surface area contributed by atoms with Crippen molar-refractivity contribution < 1.29 is 9.59 Å². The molecule has 5 heteroatoms. The van der Waals surface area contributed by atoms with Crippen molar-refractivity contribution in [2.24, 2.45) is 0 Å². The third-order valence-electron chi connectivity index (χ3n) is 1.91. The van der Waals surface area contributed by atoms with Crippen LogP contribution in [0.4, 0.5) is 0 Å². The zero-order valence-electron chi connectivity index (χ0n) is 7.16. The number of piperazine rings is 1. The molecule has 1 saturated heterocycles. The van der Waals surface area contributed by atoms with E-state index < -0.39 is 0 Å². The number of carbonyl (C=O) groups is 2. The molecule has 1 atom stereocenters. The topological polar surface area (TPSA) is 49.4 Å². The van der Waals surface area contributed by atoms with Crippen molar-refractivity contribution in [3.8, 4) is 0 Å². The van der Waals surface area contributed by atoms with Crippen LogP contribution in [0.15, 0.2) is 0 Å². The van der Waals surface area contributed by atoms with E-state index in [2.05, 4.69) is 5.32 Å². The Kier molecular flexibility index (Phi) is 4.20. The molecule has 1 aliphatic heterocycles. The Morgan fingerprint density at radius 3 is 2.67 bits per heavy atom. The molecule has 70 valence electrons. The van der Waals surface area contributed by atoms with Gasteiger partial charge in [-0.25, -0.2) is 0 Å². The molecule has 1 unspecified atom stereocenters. The lowest BCUT2D eigenvalue weighted by Gasteiger charge is -2.27. The summed E-state index contributed by atoms with van der Waals surface area (Å²) in [5, 5.41) is 2.86. The van der Waals surface area contributed by atoms with Gasteiger partial charge in [-0.1, -0.05) is 6.92 Å². The molecule has 0 saturated carbocycles. The Morgan fingerprint density at radius 2 is 2.17 bits per heavy atom. The number of hydrogen-bond acceptors (Lipinski definition) is 3. The van der Waals surface area contributed by atoms with Gasteiger partial charge in [0.25, 0.3) is 0 Å². The average molecular weight is 193 g/mol. The van der Waals surface area contributed by atoms with E-state index in [-0.39, 0.29) is 36.8 Å². The van der Waals surface area contributed by atoms with E-state index in [1.54, 1.807) is 0 Å². The van der Waals surface area contributed by atoms with Gasteiger partial charge in [-0.15, -0.1) is 12.4 Å². The summed E-state index contributed by atoms with van der Waals surface area (Å²) in [7, 11) is 1.52. The molecule has 1 heterocycles. The number of imide groups is 1. The van der Waals surface area contributed by atoms with E-state index >= 15 is 0 Å². The minimum Gasteiger partial charge on any atom is -0.297 e. The summed E-state index contributed by atoms with van der Waals surface area (Å²) >= 11 is 0. The predicted octanol–water partition coefficient (Wildman–Crippen LogP) is -0.225. The fourth-order valence-electron chi connectivity index (χ4n) is 1.09. The summed E-state index contributed by atoms with van der Waals surface area (Å²) in [5.41, 5.74) is 0. The number of carbonyl (C=O) groups excluding carboxylic acids is 2. The third-order valence-corrected chi connectivity index (χ3v) is 1.91. The first kappa shape index (κ1) is 11.4. The minimum atomic E-state index is -0.169. The zero-order chi connectivity index (χ0) is 8.43. The molecule has 1 rings (SSSR count). The van der Waals surface area contributed by atoms with Gasteiger partial charge >= 0.3 is 0 Å². The Labute approximate surface area is 77.7 Å². The molecule has 1 fully saturated rings. The zero-order valence-corrected chi connectivity index (χ0v) is 7.98. The standard InChI is InChI=1S/C7H12N2O2.ClH/c1-3-5-7(11)9(2)6(10)4-8-5;/h5,8H,3-4H2,1-2H3;1H. The first-order valence-corrected chi connectivity index (χ1v) is 3.70. The maximum absolute atomic E-state index is 11.2. The van der Waals surface area contributed by atoms with E-state index in [9.17, 15) is 9.59 Å². The number of likely N-dealkylation sites (N-methyl/N-ethyl adjacent to an activating group) is 1. The van der Waals surface area contributed by atoms with Crippen LogP contribution >= 0.6 is 12.4 Å². The molecule has 0 bridgehead atoms. The van der Waals surface area contributed by atoms with E-state index in [4.69, 9.17) is 0 Å². The Morgan fingerprint density at radius 1 is 1.58 bits per heavy atom. The summed E-state index contributed by atoms with van der Waals surface area (Å²) < 4.78 is 0. The van der Waals surface area contributed by atoms with Gasteiger partial charge in [-0.05, 0) is 6.42 Å². The van der Waals surface area contributed by atoms with Crippen LogP contribution in [-0.4, -0.2) is 36.3 Å². The summed E-state index contributed by atoms with van der Waals surface area (Å²) in [6.07, 6.45) is 0.733. The molecule has 1 N–H and O–H groups in total. The van der Waals surface area contributed by atoms with E-state index in [1.807, 2.05) is 6.92 Å². The van der Waals surface area contributed by atoms with Crippen molar-refractivity contribution in [2.75, 3.05) is 13.6 Å². The van der Waals surface area contributed by atoms with Crippen molar-refractivity contribution in [1.82, 2.24) is 10.2 Å². The van der Waals surface area contributed by atoms with Gasteiger partial charge < -0.3 is 0 Å². The summed E-state index contributed by atoms with van der Waals surface area (Å²) in [4.78, 5) is 23.3. The highest BCUT2D eigenvalue weighted by Crippen LogP contribution is 2.02. The number of nitrogens with zero attached hydrogens (tertiary/aromatic N) is 1. The van der Waals surface area contributed by atoms with Crippen molar-refractivity contribution in [2.45, 2.75) is 19.4 Å². The first-order chi connectivity index (χ1) is 5.16. The van der Waals surface area contributed by atoms with Gasteiger partial charge in [-0.2, -0.15) is 0 Å². The number of hydrogen-bond donors (Lipinski definition) is 1. The van der Waals surface area contributed by atoms with Crippen LogP contribution in [0.2, 0.25) is 0 Å². The Hall–Kier alpha value is -0.610. The SMILES string of the molecule is CCC1NCC(=O)N(C)C1=O.Cl. The molecule has 0 aromatic heterocycles. The smallest absolute Gasteiger partial charge is 0.246 e. The van der Waals surface area contributed by atoms with Crippen LogP contribution in [0.3, 0.4) is 0 Å². The second-order valence-electron chi connectivity index (χ2n) is 2.63. The first-order valence-electron chi connectivity index (χ1n) is 3.70. The lowest BCUT2D eigenvalue weighted by atomic mass is 10.1. The van der Waals surface area contributed by atoms with Gasteiger partial charge in [0.15, 0.2) is 0 Å². The molecule has 4 nitrogen and oxygen atoms in total.